The highest BCUT2D eigenvalue weighted by molar-refractivity contribution is 5.78. The molecule has 0 fully saturated rings. The van der Waals surface area contributed by atoms with E-state index in [-0.39, 0.29) is 11.7 Å². The van der Waals surface area contributed by atoms with Gasteiger partial charge in [-0.05, 0) is 45.2 Å². The van der Waals surface area contributed by atoms with E-state index in [0.717, 1.165) is 5.57 Å². The van der Waals surface area contributed by atoms with Crippen molar-refractivity contribution in [3.8, 4) is 5.75 Å². The molecule has 0 aliphatic heterocycles. The summed E-state index contributed by atoms with van der Waals surface area (Å²) in [6.45, 7) is 10.4. The van der Waals surface area contributed by atoms with Crippen LogP contribution in [-0.2, 0) is 4.79 Å². The van der Waals surface area contributed by atoms with Crippen molar-refractivity contribution in [2.75, 3.05) is 39.8 Å². The molecule has 122 valence electrons. The molecular formula is C17H25FN2O2. The Kier molecular flexibility index (Phi) is 7.60. The summed E-state index contributed by atoms with van der Waals surface area (Å²) in [6.07, 6.45) is 0. The minimum absolute atomic E-state index is 0.0785. The van der Waals surface area contributed by atoms with E-state index in [0.29, 0.717) is 38.5 Å². The van der Waals surface area contributed by atoms with Gasteiger partial charge in [-0.1, -0.05) is 12.2 Å². The van der Waals surface area contributed by atoms with E-state index in [1.165, 1.54) is 12.1 Å². The lowest BCUT2D eigenvalue weighted by molar-refractivity contribution is -0.131. The van der Waals surface area contributed by atoms with Crippen molar-refractivity contribution >= 4 is 5.91 Å². The smallest absolute Gasteiger partial charge is 0.237 e. The van der Waals surface area contributed by atoms with Gasteiger partial charge >= 0.3 is 0 Å². The van der Waals surface area contributed by atoms with Gasteiger partial charge in [0.1, 0.15) is 18.2 Å². The largest absolute Gasteiger partial charge is 0.492 e. The molecule has 1 rings (SSSR count). The van der Waals surface area contributed by atoms with Gasteiger partial charge in [0.15, 0.2) is 0 Å². The summed E-state index contributed by atoms with van der Waals surface area (Å²) in [7, 11) is 1.88. The third kappa shape index (κ3) is 6.72. The molecule has 0 saturated carbocycles. The van der Waals surface area contributed by atoms with Crippen LogP contribution in [0.15, 0.2) is 36.4 Å². The second-order valence-corrected chi connectivity index (χ2v) is 5.41. The lowest BCUT2D eigenvalue weighted by atomic mass is 10.3. The van der Waals surface area contributed by atoms with Gasteiger partial charge in [-0.3, -0.25) is 9.69 Å². The zero-order valence-electron chi connectivity index (χ0n) is 13.6. The zero-order chi connectivity index (χ0) is 16.5. The molecular weight excluding hydrogens is 283 g/mol. The van der Waals surface area contributed by atoms with Crippen molar-refractivity contribution in [2.45, 2.75) is 13.8 Å². The Morgan fingerprint density at radius 1 is 1.27 bits per heavy atom. The van der Waals surface area contributed by atoms with Crippen LogP contribution < -0.4 is 4.74 Å². The molecule has 0 atom stereocenters. The fourth-order valence-corrected chi connectivity index (χ4v) is 1.96. The number of ether oxygens (including phenoxy) is 1. The number of likely N-dealkylation sites (N-methyl/N-ethyl adjacent to an activating group) is 2. The molecule has 22 heavy (non-hydrogen) atoms. The van der Waals surface area contributed by atoms with E-state index in [2.05, 4.69) is 6.58 Å². The van der Waals surface area contributed by atoms with E-state index >= 15 is 0 Å². The van der Waals surface area contributed by atoms with Crippen LogP contribution in [0.25, 0.3) is 0 Å². The monoisotopic (exact) mass is 308 g/mol. The molecule has 0 unspecified atom stereocenters. The number of hydrogen-bond acceptors (Lipinski definition) is 3. The molecule has 0 aromatic heterocycles. The highest BCUT2D eigenvalue weighted by atomic mass is 19.1. The van der Waals surface area contributed by atoms with Gasteiger partial charge in [0, 0.05) is 19.6 Å². The topological polar surface area (TPSA) is 32.8 Å². The Morgan fingerprint density at radius 2 is 1.91 bits per heavy atom. The van der Waals surface area contributed by atoms with Gasteiger partial charge in [-0.15, -0.1) is 0 Å². The minimum atomic E-state index is -0.285. The summed E-state index contributed by atoms with van der Waals surface area (Å²) >= 11 is 0. The maximum absolute atomic E-state index is 12.8. The van der Waals surface area contributed by atoms with Crippen molar-refractivity contribution in [3.05, 3.63) is 42.2 Å². The Labute approximate surface area is 132 Å². The van der Waals surface area contributed by atoms with E-state index < -0.39 is 0 Å². The van der Waals surface area contributed by atoms with Crippen LogP contribution in [0.3, 0.4) is 0 Å². The number of rotatable bonds is 9. The Balaban J connectivity index is 2.32. The number of amides is 1. The molecule has 1 amide bonds. The van der Waals surface area contributed by atoms with Crippen LogP contribution in [0, 0.1) is 5.82 Å². The van der Waals surface area contributed by atoms with Crippen LogP contribution in [-0.4, -0.2) is 55.5 Å². The van der Waals surface area contributed by atoms with Crippen molar-refractivity contribution < 1.29 is 13.9 Å². The second kappa shape index (κ2) is 9.20. The van der Waals surface area contributed by atoms with E-state index in [4.69, 9.17) is 4.74 Å². The quantitative estimate of drug-likeness (QED) is 0.657. The molecule has 0 saturated heterocycles. The van der Waals surface area contributed by atoms with E-state index in [1.807, 2.05) is 25.8 Å². The van der Waals surface area contributed by atoms with Crippen molar-refractivity contribution in [1.82, 2.24) is 9.80 Å². The summed E-state index contributed by atoms with van der Waals surface area (Å²) in [5.74, 6) is 0.417. The number of benzene rings is 1. The summed E-state index contributed by atoms with van der Waals surface area (Å²) in [4.78, 5) is 15.8. The van der Waals surface area contributed by atoms with Gasteiger partial charge in [0.25, 0.3) is 0 Å². The predicted molar refractivity (Wildman–Crippen MR) is 86.5 cm³/mol. The third-order valence-electron chi connectivity index (χ3n) is 3.16. The fraction of sp³-hybridized carbons (Fsp3) is 0.471. The third-order valence-corrected chi connectivity index (χ3v) is 3.16. The van der Waals surface area contributed by atoms with Gasteiger partial charge in [0.05, 0.1) is 6.54 Å². The number of carbonyl (C=O) groups excluding carboxylic acids is 1. The molecule has 5 heteroatoms. The maximum Gasteiger partial charge on any atom is 0.237 e. The minimum Gasteiger partial charge on any atom is -0.492 e. The first kappa shape index (κ1) is 18.2. The van der Waals surface area contributed by atoms with Crippen LogP contribution in [0.4, 0.5) is 4.39 Å². The Morgan fingerprint density at radius 3 is 2.45 bits per heavy atom. The summed E-state index contributed by atoms with van der Waals surface area (Å²) in [5.41, 5.74) is 0.970. The first-order chi connectivity index (χ1) is 10.4. The zero-order valence-corrected chi connectivity index (χ0v) is 13.6. The van der Waals surface area contributed by atoms with Crippen molar-refractivity contribution in [1.29, 1.82) is 0 Å². The first-order valence-corrected chi connectivity index (χ1v) is 7.41. The molecule has 0 radical (unpaired) electrons. The molecule has 0 aliphatic rings. The molecule has 4 nitrogen and oxygen atoms in total. The number of hydrogen-bond donors (Lipinski definition) is 0. The molecule has 1 aromatic rings. The van der Waals surface area contributed by atoms with Crippen LogP contribution >= 0.6 is 0 Å². The highest BCUT2D eigenvalue weighted by Gasteiger charge is 2.13. The van der Waals surface area contributed by atoms with E-state index in [1.54, 1.807) is 17.0 Å². The summed E-state index contributed by atoms with van der Waals surface area (Å²) in [5, 5.41) is 0. The summed E-state index contributed by atoms with van der Waals surface area (Å²) in [6, 6.07) is 5.90. The predicted octanol–water partition coefficient (Wildman–Crippen LogP) is 2.56. The van der Waals surface area contributed by atoms with Crippen molar-refractivity contribution in [2.24, 2.45) is 0 Å². The summed E-state index contributed by atoms with van der Waals surface area (Å²) < 4.78 is 18.3. The number of carbonyl (C=O) groups is 1. The standard InChI is InChI=1S/C17H25FN2O2/c1-5-20(12-14(2)3)17(21)13-19(4)10-11-22-16-8-6-15(18)7-9-16/h6-9H,2,5,10-13H2,1,3-4H3. The maximum atomic E-state index is 12.8. The fourth-order valence-electron chi connectivity index (χ4n) is 1.96. The second-order valence-electron chi connectivity index (χ2n) is 5.41. The molecule has 0 heterocycles. The van der Waals surface area contributed by atoms with Gasteiger partial charge in [-0.2, -0.15) is 0 Å². The Bertz CT molecular complexity index is 488. The van der Waals surface area contributed by atoms with Crippen molar-refractivity contribution in [3.63, 3.8) is 0 Å². The lowest BCUT2D eigenvalue weighted by Gasteiger charge is -2.24. The molecule has 0 bridgehead atoms. The molecule has 0 N–H and O–H groups in total. The normalized spacial score (nSPS) is 10.6. The van der Waals surface area contributed by atoms with Crippen LogP contribution in [0.2, 0.25) is 0 Å². The number of nitrogens with zero attached hydrogens (tertiary/aromatic N) is 2. The Hall–Kier alpha value is -1.88. The van der Waals surface area contributed by atoms with Gasteiger partial charge < -0.3 is 9.64 Å². The average molecular weight is 308 g/mol. The molecule has 0 spiro atoms. The average Bonchev–Trinajstić information content (AvgIpc) is 2.46. The van der Waals surface area contributed by atoms with Crippen LogP contribution in [0.1, 0.15) is 13.8 Å². The van der Waals surface area contributed by atoms with E-state index in [9.17, 15) is 9.18 Å². The molecule has 1 aromatic carbocycles. The molecule has 0 aliphatic carbocycles. The van der Waals surface area contributed by atoms with Gasteiger partial charge in [0.2, 0.25) is 5.91 Å². The SMILES string of the molecule is C=C(C)CN(CC)C(=O)CN(C)CCOc1ccc(F)cc1. The van der Waals surface area contributed by atoms with Gasteiger partial charge in [-0.25, -0.2) is 4.39 Å². The lowest BCUT2D eigenvalue weighted by Crippen LogP contribution is -2.40. The van der Waals surface area contributed by atoms with Crippen LogP contribution in [0.5, 0.6) is 5.75 Å². The first-order valence-electron chi connectivity index (χ1n) is 7.41. The number of halogens is 1. The highest BCUT2D eigenvalue weighted by Crippen LogP contribution is 2.10.